The van der Waals surface area contributed by atoms with Crippen LogP contribution in [0.3, 0.4) is 0 Å². The Labute approximate surface area is 259 Å². The summed E-state index contributed by atoms with van der Waals surface area (Å²) in [5.41, 5.74) is 1.92. The fraction of sp³-hybridized carbons (Fsp3) is 0.581. The molecule has 1 fully saturated rings. The van der Waals surface area contributed by atoms with Gasteiger partial charge in [0.15, 0.2) is 0 Å². The molecular weight excluding hydrogens is 588 g/mol. The standard InChI is InChI=1S/C31H44N4O6S2/c1-6-15-33(16-7-2)30(37)27-25-14-17-34(21(3)4)20-26(25)42-29(27)32-28(36)22-8-10-24(11-9-22)43(39,40)35-18-12-23(13-19-35)31(38)41-5/h8-11,21,23H,6-7,12-20H2,1-5H3,(H,32,36). The van der Waals surface area contributed by atoms with Crippen molar-refractivity contribution in [2.24, 2.45) is 5.92 Å². The molecule has 1 saturated heterocycles. The molecular formula is C31H44N4O6S2. The minimum Gasteiger partial charge on any atom is -0.469 e. The highest BCUT2D eigenvalue weighted by Gasteiger charge is 2.34. The summed E-state index contributed by atoms with van der Waals surface area (Å²) in [6.45, 7) is 11.8. The number of thiophene rings is 1. The van der Waals surface area contributed by atoms with E-state index in [0.29, 0.717) is 48.1 Å². The van der Waals surface area contributed by atoms with Crippen molar-refractivity contribution in [1.29, 1.82) is 0 Å². The molecule has 0 bridgehead atoms. The summed E-state index contributed by atoms with van der Waals surface area (Å²) >= 11 is 1.46. The van der Waals surface area contributed by atoms with Gasteiger partial charge in [0, 0.05) is 55.8 Å². The molecule has 2 aromatic rings. The SMILES string of the molecule is CCCN(CCC)C(=O)c1c(NC(=O)c2ccc(S(=O)(=O)N3CCC(C(=O)OC)CC3)cc2)sc2c1CCN(C(C)C)C2. The van der Waals surface area contributed by atoms with E-state index in [4.69, 9.17) is 4.74 Å². The van der Waals surface area contributed by atoms with Crippen molar-refractivity contribution in [3.63, 3.8) is 0 Å². The van der Waals surface area contributed by atoms with Crippen LogP contribution in [0.4, 0.5) is 5.00 Å². The third-order valence-corrected chi connectivity index (χ3v) is 11.3. The van der Waals surface area contributed by atoms with Gasteiger partial charge in [-0.15, -0.1) is 11.3 Å². The molecule has 0 saturated carbocycles. The van der Waals surface area contributed by atoms with Gasteiger partial charge in [0.25, 0.3) is 11.8 Å². The van der Waals surface area contributed by atoms with Crippen LogP contribution in [0.1, 0.15) is 84.5 Å². The second-order valence-corrected chi connectivity index (χ2v) is 14.5. The van der Waals surface area contributed by atoms with Crippen molar-refractivity contribution in [3.05, 3.63) is 45.8 Å². The lowest BCUT2D eigenvalue weighted by molar-refractivity contribution is -0.146. The Balaban J connectivity index is 1.55. The number of amides is 2. The van der Waals surface area contributed by atoms with E-state index in [0.717, 1.165) is 42.8 Å². The van der Waals surface area contributed by atoms with Crippen LogP contribution in [0.2, 0.25) is 0 Å². The number of ether oxygens (including phenoxy) is 1. The van der Waals surface area contributed by atoms with Gasteiger partial charge in [0.05, 0.1) is 23.5 Å². The molecule has 0 aliphatic carbocycles. The Morgan fingerprint density at radius 1 is 1.05 bits per heavy atom. The lowest BCUT2D eigenvalue weighted by atomic mass is 9.99. The minimum atomic E-state index is -3.78. The highest BCUT2D eigenvalue weighted by atomic mass is 32.2. The van der Waals surface area contributed by atoms with Crippen LogP contribution in [0.15, 0.2) is 29.2 Å². The second-order valence-electron chi connectivity index (χ2n) is 11.5. The zero-order valence-corrected chi connectivity index (χ0v) is 27.5. The zero-order valence-electron chi connectivity index (χ0n) is 25.8. The number of piperidine rings is 1. The van der Waals surface area contributed by atoms with Crippen molar-refractivity contribution in [2.75, 3.05) is 45.2 Å². The largest absolute Gasteiger partial charge is 0.469 e. The highest BCUT2D eigenvalue weighted by Crippen LogP contribution is 2.39. The normalized spacial score (nSPS) is 16.6. The molecule has 1 aromatic carbocycles. The summed E-state index contributed by atoms with van der Waals surface area (Å²) in [5, 5.41) is 3.55. The lowest BCUT2D eigenvalue weighted by Crippen LogP contribution is -2.40. The molecule has 1 N–H and O–H groups in total. The number of carbonyl (C=O) groups is 3. The molecule has 1 aromatic heterocycles. The Bertz CT molecular complexity index is 1410. The van der Waals surface area contributed by atoms with Gasteiger partial charge < -0.3 is 15.0 Å². The first-order chi connectivity index (χ1) is 20.5. The van der Waals surface area contributed by atoms with Gasteiger partial charge in [-0.25, -0.2) is 8.42 Å². The molecule has 0 radical (unpaired) electrons. The van der Waals surface area contributed by atoms with E-state index < -0.39 is 15.9 Å². The molecule has 0 spiro atoms. The molecule has 0 unspecified atom stereocenters. The van der Waals surface area contributed by atoms with E-state index in [1.165, 1.54) is 47.0 Å². The third-order valence-electron chi connectivity index (χ3n) is 8.27. The molecule has 3 heterocycles. The summed E-state index contributed by atoms with van der Waals surface area (Å²) in [5.74, 6) is -1.06. The topological polar surface area (TPSA) is 116 Å². The molecule has 43 heavy (non-hydrogen) atoms. The van der Waals surface area contributed by atoms with Crippen molar-refractivity contribution in [1.82, 2.24) is 14.1 Å². The van der Waals surface area contributed by atoms with Gasteiger partial charge in [-0.3, -0.25) is 19.3 Å². The molecule has 4 rings (SSSR count). The number of esters is 1. The maximum Gasteiger partial charge on any atom is 0.308 e. The van der Waals surface area contributed by atoms with Crippen molar-refractivity contribution >= 4 is 44.1 Å². The Morgan fingerprint density at radius 2 is 1.67 bits per heavy atom. The van der Waals surface area contributed by atoms with E-state index in [9.17, 15) is 22.8 Å². The van der Waals surface area contributed by atoms with E-state index >= 15 is 0 Å². The minimum absolute atomic E-state index is 0.0492. The first-order valence-electron chi connectivity index (χ1n) is 15.2. The zero-order chi connectivity index (χ0) is 31.3. The monoisotopic (exact) mass is 632 g/mol. The third kappa shape index (κ3) is 7.30. The average Bonchev–Trinajstić information content (AvgIpc) is 3.37. The number of hydrogen-bond acceptors (Lipinski definition) is 8. The Morgan fingerprint density at radius 3 is 2.23 bits per heavy atom. The average molecular weight is 633 g/mol. The maximum atomic E-state index is 13.9. The van der Waals surface area contributed by atoms with Crippen LogP contribution in [0, 0.1) is 5.92 Å². The van der Waals surface area contributed by atoms with Crippen LogP contribution >= 0.6 is 11.3 Å². The molecule has 2 aliphatic rings. The van der Waals surface area contributed by atoms with Gasteiger partial charge in [0.1, 0.15) is 5.00 Å². The summed E-state index contributed by atoms with van der Waals surface area (Å²) in [6.07, 6.45) is 3.25. The first kappa shape index (κ1) is 33.1. The number of nitrogens with zero attached hydrogens (tertiary/aromatic N) is 3. The highest BCUT2D eigenvalue weighted by molar-refractivity contribution is 7.89. The summed E-state index contributed by atoms with van der Waals surface area (Å²) in [6, 6.07) is 6.25. The summed E-state index contributed by atoms with van der Waals surface area (Å²) in [7, 11) is -2.44. The Hall–Kier alpha value is -2.80. The molecule has 2 aliphatic heterocycles. The molecule has 12 heteroatoms. The van der Waals surface area contributed by atoms with Crippen molar-refractivity contribution in [3.8, 4) is 0 Å². The number of fused-ring (bicyclic) bond motifs is 1. The van der Waals surface area contributed by atoms with E-state index in [-0.39, 0.29) is 35.8 Å². The quantitative estimate of drug-likeness (QED) is 0.360. The van der Waals surface area contributed by atoms with Crippen molar-refractivity contribution < 1.29 is 27.5 Å². The van der Waals surface area contributed by atoms with Gasteiger partial charge >= 0.3 is 5.97 Å². The van der Waals surface area contributed by atoms with Gasteiger partial charge in [-0.05, 0) is 75.8 Å². The van der Waals surface area contributed by atoms with Gasteiger partial charge in [0.2, 0.25) is 10.0 Å². The molecule has 10 nitrogen and oxygen atoms in total. The van der Waals surface area contributed by atoms with Crippen LogP contribution < -0.4 is 5.32 Å². The predicted octanol–water partition coefficient (Wildman–Crippen LogP) is 4.60. The number of hydrogen-bond donors (Lipinski definition) is 1. The van der Waals surface area contributed by atoms with Crippen molar-refractivity contribution in [2.45, 2.75) is 77.3 Å². The number of benzene rings is 1. The van der Waals surface area contributed by atoms with Gasteiger partial charge in [-0.1, -0.05) is 13.8 Å². The second kappa shape index (κ2) is 14.3. The van der Waals surface area contributed by atoms with Crippen LogP contribution in [-0.2, 0) is 32.5 Å². The number of sulfonamides is 1. The lowest BCUT2D eigenvalue weighted by Gasteiger charge is -2.31. The number of nitrogens with one attached hydrogen (secondary N) is 1. The fourth-order valence-corrected chi connectivity index (χ4v) is 8.52. The molecule has 2 amide bonds. The smallest absolute Gasteiger partial charge is 0.308 e. The van der Waals surface area contributed by atoms with Gasteiger partial charge in [-0.2, -0.15) is 4.31 Å². The Kier molecular flexibility index (Phi) is 11.0. The number of anilines is 1. The summed E-state index contributed by atoms with van der Waals surface area (Å²) in [4.78, 5) is 44.6. The number of rotatable bonds is 11. The fourth-order valence-electron chi connectivity index (χ4n) is 5.79. The van der Waals surface area contributed by atoms with E-state index in [1.807, 2.05) is 4.90 Å². The molecule has 236 valence electrons. The molecule has 0 atom stereocenters. The predicted molar refractivity (Wildman–Crippen MR) is 168 cm³/mol. The van der Waals surface area contributed by atoms with E-state index in [2.05, 4.69) is 37.9 Å². The van der Waals surface area contributed by atoms with Crippen LogP contribution in [0.25, 0.3) is 0 Å². The van der Waals surface area contributed by atoms with Crippen LogP contribution in [-0.4, -0.2) is 86.2 Å². The first-order valence-corrected chi connectivity index (χ1v) is 17.4. The summed E-state index contributed by atoms with van der Waals surface area (Å²) < 4.78 is 32.7. The number of methoxy groups -OCH3 is 1. The maximum absolute atomic E-state index is 13.9. The number of carbonyl (C=O) groups excluding carboxylic acids is 3. The van der Waals surface area contributed by atoms with Crippen LogP contribution in [0.5, 0.6) is 0 Å². The van der Waals surface area contributed by atoms with E-state index in [1.54, 1.807) is 0 Å².